The van der Waals surface area contributed by atoms with Gasteiger partial charge >= 0.3 is 0 Å². The van der Waals surface area contributed by atoms with E-state index in [4.69, 9.17) is 0 Å². The summed E-state index contributed by atoms with van der Waals surface area (Å²) in [7, 11) is 4.03. The Hall–Kier alpha value is -1.77. The minimum absolute atomic E-state index is 0.0664. The quantitative estimate of drug-likeness (QED) is 0.746. The molecular formula is C15H22N2O. The minimum Gasteiger partial charge on any atom is -0.378 e. The summed E-state index contributed by atoms with van der Waals surface area (Å²) in [4.78, 5) is 15.7. The molecule has 0 N–H and O–H groups in total. The highest BCUT2D eigenvalue weighted by molar-refractivity contribution is 5.87. The maximum atomic E-state index is 11.8. The van der Waals surface area contributed by atoms with Gasteiger partial charge in [0.1, 0.15) is 0 Å². The number of allylic oxidation sites excluding steroid dienone is 1. The summed E-state index contributed by atoms with van der Waals surface area (Å²) in [6.07, 6.45) is 3.39. The van der Waals surface area contributed by atoms with Crippen molar-refractivity contribution >= 4 is 11.6 Å². The second kappa shape index (κ2) is 6.84. The molecule has 0 saturated carbocycles. The van der Waals surface area contributed by atoms with E-state index < -0.39 is 0 Å². The zero-order valence-electron chi connectivity index (χ0n) is 11.7. The number of likely N-dealkylation sites (N-methyl/N-ethyl adjacent to an activating group) is 1. The Morgan fingerprint density at radius 3 is 2.28 bits per heavy atom. The molecular weight excluding hydrogens is 224 g/mol. The van der Waals surface area contributed by atoms with Crippen LogP contribution in [0.5, 0.6) is 0 Å². The Kier molecular flexibility index (Phi) is 5.43. The summed E-state index contributed by atoms with van der Waals surface area (Å²) in [5, 5.41) is 0. The second-order valence-electron chi connectivity index (χ2n) is 4.41. The molecule has 0 atom stereocenters. The van der Waals surface area contributed by atoms with Gasteiger partial charge in [-0.05, 0) is 37.6 Å². The number of benzene rings is 1. The van der Waals surface area contributed by atoms with Crippen LogP contribution < -0.4 is 4.90 Å². The molecule has 1 aromatic carbocycles. The number of hydrogen-bond acceptors (Lipinski definition) is 2. The van der Waals surface area contributed by atoms with E-state index in [2.05, 4.69) is 29.2 Å². The predicted octanol–water partition coefficient (Wildman–Crippen LogP) is 2.68. The summed E-state index contributed by atoms with van der Waals surface area (Å²) < 4.78 is 0. The Bertz CT molecular complexity index is 407. The van der Waals surface area contributed by atoms with E-state index in [1.165, 1.54) is 5.69 Å². The zero-order valence-corrected chi connectivity index (χ0v) is 11.7. The molecule has 3 nitrogen and oxygen atoms in total. The van der Waals surface area contributed by atoms with Crippen molar-refractivity contribution in [1.82, 2.24) is 4.90 Å². The Morgan fingerprint density at radius 2 is 1.83 bits per heavy atom. The molecule has 0 aliphatic heterocycles. The maximum Gasteiger partial charge on any atom is 0.246 e. The topological polar surface area (TPSA) is 23.6 Å². The van der Waals surface area contributed by atoms with Crippen molar-refractivity contribution in [3.63, 3.8) is 0 Å². The van der Waals surface area contributed by atoms with Crippen molar-refractivity contribution in [3.05, 3.63) is 42.0 Å². The van der Waals surface area contributed by atoms with Gasteiger partial charge in [0, 0.05) is 32.9 Å². The molecule has 0 heterocycles. The first-order chi connectivity index (χ1) is 8.58. The van der Waals surface area contributed by atoms with Crippen molar-refractivity contribution in [2.75, 3.05) is 25.5 Å². The molecule has 1 aromatic rings. The molecule has 1 rings (SSSR count). The van der Waals surface area contributed by atoms with E-state index in [1.54, 1.807) is 12.2 Å². The molecule has 3 heteroatoms. The number of nitrogens with zero attached hydrogens (tertiary/aromatic N) is 2. The lowest BCUT2D eigenvalue weighted by molar-refractivity contribution is -0.126. The number of carbonyl (C=O) groups is 1. The number of carbonyl (C=O) groups excluding carboxylic acids is 1. The van der Waals surface area contributed by atoms with Gasteiger partial charge in [-0.3, -0.25) is 4.79 Å². The molecule has 0 aliphatic rings. The average molecular weight is 246 g/mol. The van der Waals surface area contributed by atoms with Crippen molar-refractivity contribution in [2.45, 2.75) is 20.4 Å². The van der Waals surface area contributed by atoms with Crippen LogP contribution in [-0.2, 0) is 11.3 Å². The fraction of sp³-hybridized carbons (Fsp3) is 0.400. The van der Waals surface area contributed by atoms with Gasteiger partial charge in [-0.25, -0.2) is 0 Å². The lowest BCUT2D eigenvalue weighted by atomic mass is 10.2. The Morgan fingerprint density at radius 1 is 1.22 bits per heavy atom. The summed E-state index contributed by atoms with van der Waals surface area (Å²) >= 11 is 0. The first-order valence-electron chi connectivity index (χ1n) is 6.26. The molecule has 0 spiro atoms. The first-order valence-corrected chi connectivity index (χ1v) is 6.26. The monoisotopic (exact) mass is 246 g/mol. The molecule has 0 aliphatic carbocycles. The first kappa shape index (κ1) is 14.3. The fourth-order valence-corrected chi connectivity index (χ4v) is 1.71. The summed E-state index contributed by atoms with van der Waals surface area (Å²) in [6, 6.07) is 8.29. The maximum absolute atomic E-state index is 11.8. The molecule has 1 amide bonds. The van der Waals surface area contributed by atoms with E-state index >= 15 is 0 Å². The predicted molar refractivity (Wildman–Crippen MR) is 76.7 cm³/mol. The van der Waals surface area contributed by atoms with E-state index in [-0.39, 0.29) is 5.91 Å². The van der Waals surface area contributed by atoms with Crippen LogP contribution in [-0.4, -0.2) is 31.4 Å². The average Bonchev–Trinajstić information content (AvgIpc) is 2.36. The molecule has 0 fully saturated rings. The lowest BCUT2D eigenvalue weighted by Gasteiger charge is -2.20. The van der Waals surface area contributed by atoms with Gasteiger partial charge in [-0.15, -0.1) is 0 Å². The Balaban J connectivity index is 2.73. The van der Waals surface area contributed by atoms with Crippen LogP contribution in [0.25, 0.3) is 0 Å². The van der Waals surface area contributed by atoms with Crippen molar-refractivity contribution in [2.24, 2.45) is 0 Å². The highest BCUT2D eigenvalue weighted by Gasteiger charge is 2.08. The third kappa shape index (κ3) is 3.91. The highest BCUT2D eigenvalue weighted by Crippen LogP contribution is 2.13. The van der Waals surface area contributed by atoms with Crippen LogP contribution in [0.2, 0.25) is 0 Å². The molecule has 0 unspecified atom stereocenters. The van der Waals surface area contributed by atoms with Crippen LogP contribution in [0.15, 0.2) is 36.4 Å². The van der Waals surface area contributed by atoms with Gasteiger partial charge in [0.15, 0.2) is 0 Å². The van der Waals surface area contributed by atoms with Crippen molar-refractivity contribution in [1.29, 1.82) is 0 Å². The van der Waals surface area contributed by atoms with Crippen LogP contribution in [0.3, 0.4) is 0 Å². The zero-order chi connectivity index (χ0) is 13.5. The largest absolute Gasteiger partial charge is 0.378 e. The third-order valence-electron chi connectivity index (χ3n) is 2.83. The van der Waals surface area contributed by atoms with Crippen molar-refractivity contribution < 1.29 is 4.79 Å². The number of amides is 1. The van der Waals surface area contributed by atoms with Gasteiger partial charge in [-0.2, -0.15) is 0 Å². The fourth-order valence-electron chi connectivity index (χ4n) is 1.71. The Labute approximate surface area is 110 Å². The molecule has 0 bridgehead atoms. The highest BCUT2D eigenvalue weighted by atomic mass is 16.2. The number of hydrogen-bond donors (Lipinski definition) is 0. The van der Waals surface area contributed by atoms with E-state index in [1.807, 2.05) is 32.8 Å². The summed E-state index contributed by atoms with van der Waals surface area (Å²) in [5.74, 6) is 0.0664. The number of rotatable bonds is 5. The molecule has 0 aromatic heterocycles. The molecule has 18 heavy (non-hydrogen) atoms. The van der Waals surface area contributed by atoms with Gasteiger partial charge in [0.05, 0.1) is 0 Å². The second-order valence-corrected chi connectivity index (χ2v) is 4.41. The molecule has 0 radical (unpaired) electrons. The summed E-state index contributed by atoms with van der Waals surface area (Å²) in [6.45, 7) is 5.24. The summed E-state index contributed by atoms with van der Waals surface area (Å²) in [5.41, 5.74) is 2.32. The SMILES string of the molecule is CC=CC(=O)N(CC)Cc1ccc(N(C)C)cc1. The van der Waals surface area contributed by atoms with Gasteiger partial charge in [0.25, 0.3) is 0 Å². The van der Waals surface area contributed by atoms with E-state index in [9.17, 15) is 4.79 Å². The van der Waals surface area contributed by atoms with Crippen LogP contribution in [0.1, 0.15) is 19.4 Å². The normalized spacial score (nSPS) is 10.7. The van der Waals surface area contributed by atoms with Crippen LogP contribution >= 0.6 is 0 Å². The van der Waals surface area contributed by atoms with E-state index in [0.717, 1.165) is 12.1 Å². The van der Waals surface area contributed by atoms with Gasteiger partial charge < -0.3 is 9.80 Å². The molecule has 0 saturated heterocycles. The standard InChI is InChI=1S/C15H22N2O/c1-5-7-15(18)17(6-2)12-13-8-10-14(11-9-13)16(3)4/h5,7-11H,6,12H2,1-4H3. The number of anilines is 1. The van der Waals surface area contributed by atoms with Crippen LogP contribution in [0.4, 0.5) is 5.69 Å². The van der Waals surface area contributed by atoms with Gasteiger partial charge in [-0.1, -0.05) is 18.2 Å². The van der Waals surface area contributed by atoms with Gasteiger partial charge in [0.2, 0.25) is 5.91 Å². The van der Waals surface area contributed by atoms with Crippen LogP contribution in [0, 0.1) is 0 Å². The lowest BCUT2D eigenvalue weighted by Crippen LogP contribution is -2.28. The van der Waals surface area contributed by atoms with E-state index in [0.29, 0.717) is 6.54 Å². The third-order valence-corrected chi connectivity index (χ3v) is 2.83. The minimum atomic E-state index is 0.0664. The van der Waals surface area contributed by atoms with Crippen molar-refractivity contribution in [3.8, 4) is 0 Å². The smallest absolute Gasteiger partial charge is 0.246 e. The molecule has 98 valence electrons.